The summed E-state index contributed by atoms with van der Waals surface area (Å²) in [4.78, 5) is 14.1. The minimum atomic E-state index is -3.60. The van der Waals surface area contributed by atoms with Crippen LogP contribution in [0.3, 0.4) is 0 Å². The number of benzene rings is 1. The molecule has 1 aromatic carbocycles. The topological polar surface area (TPSA) is 87.7 Å². The van der Waals surface area contributed by atoms with Crippen LogP contribution >= 0.6 is 0 Å². The van der Waals surface area contributed by atoms with Gasteiger partial charge >= 0.3 is 6.03 Å². The van der Waals surface area contributed by atoms with Gasteiger partial charge in [0.25, 0.3) is 0 Å². The number of rotatable bonds is 6. The SMILES string of the molecule is COCC(C)NS(=O)(=O)c1ccc(NC(=O)N2CCCCC2)cc1. The summed E-state index contributed by atoms with van der Waals surface area (Å²) in [5, 5.41) is 2.80. The van der Waals surface area contributed by atoms with E-state index in [0.29, 0.717) is 12.3 Å². The van der Waals surface area contributed by atoms with E-state index < -0.39 is 10.0 Å². The summed E-state index contributed by atoms with van der Waals surface area (Å²) in [6, 6.07) is 5.69. The van der Waals surface area contributed by atoms with Crippen LogP contribution in [0.2, 0.25) is 0 Å². The lowest BCUT2D eigenvalue weighted by Crippen LogP contribution is -2.38. The number of hydrogen-bond donors (Lipinski definition) is 2. The van der Waals surface area contributed by atoms with Crippen molar-refractivity contribution >= 4 is 21.7 Å². The predicted molar refractivity (Wildman–Crippen MR) is 92.5 cm³/mol. The van der Waals surface area contributed by atoms with Crippen LogP contribution < -0.4 is 10.0 Å². The van der Waals surface area contributed by atoms with Crippen molar-refractivity contribution in [3.8, 4) is 0 Å². The molecule has 7 nitrogen and oxygen atoms in total. The number of hydrogen-bond acceptors (Lipinski definition) is 4. The van der Waals surface area contributed by atoms with Crippen molar-refractivity contribution in [3.05, 3.63) is 24.3 Å². The summed E-state index contributed by atoms with van der Waals surface area (Å²) < 4.78 is 31.9. The quantitative estimate of drug-likeness (QED) is 0.817. The van der Waals surface area contributed by atoms with Crippen LogP contribution in [0.15, 0.2) is 29.2 Å². The number of likely N-dealkylation sites (tertiary alicyclic amines) is 1. The molecule has 0 radical (unpaired) electrons. The van der Waals surface area contributed by atoms with Gasteiger partial charge in [-0.25, -0.2) is 17.9 Å². The Morgan fingerprint density at radius 1 is 1.21 bits per heavy atom. The van der Waals surface area contributed by atoms with Gasteiger partial charge in [0.05, 0.1) is 11.5 Å². The average molecular weight is 355 g/mol. The molecule has 1 aromatic rings. The van der Waals surface area contributed by atoms with Crippen molar-refractivity contribution in [2.24, 2.45) is 0 Å². The molecule has 2 amide bonds. The van der Waals surface area contributed by atoms with Gasteiger partial charge < -0.3 is 15.0 Å². The zero-order chi connectivity index (χ0) is 17.6. The molecule has 2 N–H and O–H groups in total. The van der Waals surface area contributed by atoms with Gasteiger partial charge in [0.15, 0.2) is 0 Å². The zero-order valence-corrected chi connectivity index (χ0v) is 14.9. The summed E-state index contributed by atoms with van der Waals surface area (Å²) in [7, 11) is -2.08. The smallest absolute Gasteiger partial charge is 0.321 e. The van der Waals surface area contributed by atoms with E-state index in [9.17, 15) is 13.2 Å². The highest BCUT2D eigenvalue weighted by atomic mass is 32.2. The maximum atomic E-state index is 12.2. The van der Waals surface area contributed by atoms with E-state index in [4.69, 9.17) is 4.74 Å². The number of nitrogens with zero attached hydrogens (tertiary/aromatic N) is 1. The number of piperidine rings is 1. The second kappa shape index (κ2) is 8.46. The number of urea groups is 1. The van der Waals surface area contributed by atoms with Crippen LogP contribution in [0.5, 0.6) is 0 Å². The number of ether oxygens (including phenoxy) is 1. The maximum Gasteiger partial charge on any atom is 0.321 e. The largest absolute Gasteiger partial charge is 0.383 e. The first kappa shape index (κ1) is 18.7. The van der Waals surface area contributed by atoms with E-state index >= 15 is 0 Å². The molecule has 0 bridgehead atoms. The lowest BCUT2D eigenvalue weighted by Gasteiger charge is -2.26. The first-order chi connectivity index (χ1) is 11.4. The molecule has 1 aliphatic rings. The minimum absolute atomic E-state index is 0.142. The third kappa shape index (κ3) is 5.19. The number of carbonyl (C=O) groups is 1. The van der Waals surface area contributed by atoms with Gasteiger partial charge in [-0.2, -0.15) is 0 Å². The molecule has 24 heavy (non-hydrogen) atoms. The summed E-state index contributed by atoms with van der Waals surface area (Å²) in [6.07, 6.45) is 3.21. The maximum absolute atomic E-state index is 12.2. The third-order valence-corrected chi connectivity index (χ3v) is 5.44. The Hall–Kier alpha value is -1.64. The summed E-state index contributed by atoms with van der Waals surface area (Å²) >= 11 is 0. The van der Waals surface area contributed by atoms with Crippen molar-refractivity contribution in [2.75, 3.05) is 32.1 Å². The molecule has 0 spiro atoms. The van der Waals surface area contributed by atoms with Gasteiger partial charge in [-0.1, -0.05) is 0 Å². The third-order valence-electron chi connectivity index (χ3n) is 3.83. The van der Waals surface area contributed by atoms with Gasteiger partial charge in [-0.3, -0.25) is 0 Å². The van der Waals surface area contributed by atoms with E-state index in [1.165, 1.54) is 19.2 Å². The molecule has 0 saturated carbocycles. The highest BCUT2D eigenvalue weighted by molar-refractivity contribution is 7.89. The normalized spacial score (nSPS) is 16.7. The van der Waals surface area contributed by atoms with Gasteiger partial charge in [-0.15, -0.1) is 0 Å². The van der Waals surface area contributed by atoms with Crippen LogP contribution in [0.4, 0.5) is 10.5 Å². The fourth-order valence-electron chi connectivity index (χ4n) is 2.63. The average Bonchev–Trinajstić information content (AvgIpc) is 2.56. The second-order valence-electron chi connectivity index (χ2n) is 5.98. The van der Waals surface area contributed by atoms with E-state index in [-0.39, 0.29) is 17.0 Å². The van der Waals surface area contributed by atoms with Crippen LogP contribution in [0.25, 0.3) is 0 Å². The molecule has 1 unspecified atom stereocenters. The first-order valence-corrected chi connectivity index (χ1v) is 9.58. The minimum Gasteiger partial charge on any atom is -0.383 e. The molecule has 1 saturated heterocycles. The van der Waals surface area contributed by atoms with Crippen molar-refractivity contribution in [1.29, 1.82) is 0 Å². The highest BCUT2D eigenvalue weighted by Gasteiger charge is 2.19. The Morgan fingerprint density at radius 3 is 2.42 bits per heavy atom. The standard InChI is InChI=1S/C16H25N3O4S/c1-13(12-23-2)18-24(21,22)15-8-6-14(7-9-15)17-16(20)19-10-4-3-5-11-19/h6-9,13,18H,3-5,10-12H2,1-2H3,(H,17,20). The highest BCUT2D eigenvalue weighted by Crippen LogP contribution is 2.16. The first-order valence-electron chi connectivity index (χ1n) is 8.09. The van der Waals surface area contributed by atoms with Gasteiger partial charge in [0, 0.05) is 31.9 Å². The number of sulfonamides is 1. The lowest BCUT2D eigenvalue weighted by molar-refractivity contribution is 0.180. The lowest BCUT2D eigenvalue weighted by atomic mass is 10.1. The molecule has 134 valence electrons. The molecular weight excluding hydrogens is 330 g/mol. The van der Waals surface area contributed by atoms with E-state index in [0.717, 1.165) is 32.4 Å². The summed E-state index contributed by atoms with van der Waals surface area (Å²) in [5.74, 6) is 0. The zero-order valence-electron chi connectivity index (χ0n) is 14.1. The number of carbonyl (C=O) groups excluding carboxylic acids is 1. The fourth-order valence-corrected chi connectivity index (χ4v) is 3.86. The van der Waals surface area contributed by atoms with Crippen molar-refractivity contribution in [2.45, 2.75) is 37.1 Å². The Morgan fingerprint density at radius 2 is 1.83 bits per heavy atom. The Balaban J connectivity index is 1.98. The van der Waals surface area contributed by atoms with E-state index in [1.807, 2.05) is 0 Å². The fraction of sp³-hybridized carbons (Fsp3) is 0.562. The molecule has 2 rings (SSSR count). The van der Waals surface area contributed by atoms with Gasteiger partial charge in [0.1, 0.15) is 0 Å². The van der Waals surface area contributed by atoms with Crippen molar-refractivity contribution in [1.82, 2.24) is 9.62 Å². The molecule has 1 fully saturated rings. The number of methoxy groups -OCH3 is 1. The van der Waals surface area contributed by atoms with Gasteiger partial charge in [0.2, 0.25) is 10.0 Å². The molecule has 1 atom stereocenters. The molecule has 1 aliphatic heterocycles. The molecule has 0 aliphatic carbocycles. The number of nitrogens with one attached hydrogen (secondary N) is 2. The van der Waals surface area contributed by atoms with Crippen molar-refractivity contribution in [3.63, 3.8) is 0 Å². The molecule has 1 heterocycles. The number of amides is 2. The van der Waals surface area contributed by atoms with E-state index in [2.05, 4.69) is 10.0 Å². The van der Waals surface area contributed by atoms with Crippen LogP contribution in [0.1, 0.15) is 26.2 Å². The number of anilines is 1. The Kier molecular flexibility index (Phi) is 6.59. The van der Waals surface area contributed by atoms with Crippen LogP contribution in [-0.4, -0.2) is 52.2 Å². The summed E-state index contributed by atoms with van der Waals surface area (Å²) in [6.45, 7) is 3.55. The van der Waals surface area contributed by atoms with Crippen molar-refractivity contribution < 1.29 is 17.9 Å². The Labute approximate surface area is 143 Å². The van der Waals surface area contributed by atoms with Crippen LogP contribution in [-0.2, 0) is 14.8 Å². The molecule has 8 heteroatoms. The molecule has 0 aromatic heterocycles. The second-order valence-corrected chi connectivity index (χ2v) is 7.69. The van der Waals surface area contributed by atoms with Crippen LogP contribution in [0, 0.1) is 0 Å². The van der Waals surface area contributed by atoms with E-state index in [1.54, 1.807) is 24.0 Å². The summed E-state index contributed by atoms with van der Waals surface area (Å²) in [5.41, 5.74) is 0.578. The monoisotopic (exact) mass is 355 g/mol. The van der Waals surface area contributed by atoms with Gasteiger partial charge in [-0.05, 0) is 50.5 Å². The predicted octanol–water partition coefficient (Wildman–Crippen LogP) is 2.02. The Bertz CT molecular complexity index is 640. The molecular formula is C16H25N3O4S.